The Hall–Kier alpha value is -2.34. The number of anilines is 2. The summed E-state index contributed by atoms with van der Waals surface area (Å²) in [5.41, 5.74) is 3.94. The van der Waals surface area contributed by atoms with Crippen LogP contribution in [0.15, 0.2) is 41.3 Å². The number of nitrogens with zero attached hydrogens (tertiary/aromatic N) is 1. The lowest BCUT2D eigenvalue weighted by Crippen LogP contribution is -2.24. The molecule has 1 heterocycles. The van der Waals surface area contributed by atoms with Gasteiger partial charge in [-0.05, 0) is 62.6 Å². The first-order chi connectivity index (χ1) is 11.8. The summed E-state index contributed by atoms with van der Waals surface area (Å²) in [6.45, 7) is 6.32. The number of carbonyl (C=O) groups is 1. The van der Waals surface area contributed by atoms with Gasteiger partial charge < -0.3 is 4.90 Å². The lowest BCUT2D eigenvalue weighted by atomic mass is 10.1. The largest absolute Gasteiger partial charge is 0.312 e. The summed E-state index contributed by atoms with van der Waals surface area (Å²) < 4.78 is 28.0. The van der Waals surface area contributed by atoms with Crippen molar-refractivity contribution in [2.45, 2.75) is 38.5 Å². The van der Waals surface area contributed by atoms with Crippen LogP contribution in [0.2, 0.25) is 0 Å². The van der Waals surface area contributed by atoms with E-state index in [0.717, 1.165) is 23.2 Å². The Morgan fingerprint density at radius 1 is 1.00 bits per heavy atom. The van der Waals surface area contributed by atoms with E-state index in [2.05, 4.69) is 4.72 Å². The zero-order chi connectivity index (χ0) is 18.2. The van der Waals surface area contributed by atoms with Crippen LogP contribution >= 0.6 is 0 Å². The maximum Gasteiger partial charge on any atom is 0.262 e. The van der Waals surface area contributed by atoms with Crippen molar-refractivity contribution in [3.05, 3.63) is 53.1 Å². The van der Waals surface area contributed by atoms with E-state index < -0.39 is 10.0 Å². The van der Waals surface area contributed by atoms with Crippen molar-refractivity contribution in [1.82, 2.24) is 0 Å². The third-order valence-electron chi connectivity index (χ3n) is 4.43. The van der Waals surface area contributed by atoms with E-state index in [1.165, 1.54) is 0 Å². The number of nitrogens with one attached hydrogen (secondary N) is 1. The molecule has 25 heavy (non-hydrogen) atoms. The van der Waals surface area contributed by atoms with Gasteiger partial charge in [-0.1, -0.05) is 17.7 Å². The van der Waals surface area contributed by atoms with Gasteiger partial charge in [0.2, 0.25) is 5.91 Å². The molecule has 0 saturated carbocycles. The quantitative estimate of drug-likeness (QED) is 0.909. The molecule has 1 amide bonds. The first-order valence-electron chi connectivity index (χ1n) is 8.29. The molecule has 0 aliphatic carbocycles. The second-order valence-corrected chi connectivity index (χ2v) is 8.18. The molecule has 5 nitrogen and oxygen atoms in total. The van der Waals surface area contributed by atoms with Crippen molar-refractivity contribution < 1.29 is 13.2 Å². The highest BCUT2D eigenvalue weighted by Crippen LogP contribution is 2.28. The minimum absolute atomic E-state index is 0.117. The zero-order valence-electron chi connectivity index (χ0n) is 14.7. The van der Waals surface area contributed by atoms with E-state index >= 15 is 0 Å². The molecule has 0 bridgehead atoms. The van der Waals surface area contributed by atoms with Gasteiger partial charge in [-0.15, -0.1) is 0 Å². The highest BCUT2D eigenvalue weighted by molar-refractivity contribution is 7.92. The van der Waals surface area contributed by atoms with Gasteiger partial charge in [-0.3, -0.25) is 9.52 Å². The van der Waals surface area contributed by atoms with Crippen LogP contribution in [0.25, 0.3) is 0 Å². The van der Waals surface area contributed by atoms with Crippen molar-refractivity contribution in [3.8, 4) is 0 Å². The minimum Gasteiger partial charge on any atom is -0.312 e. The maximum absolute atomic E-state index is 12.7. The van der Waals surface area contributed by atoms with Gasteiger partial charge in [-0.25, -0.2) is 8.42 Å². The first-order valence-corrected chi connectivity index (χ1v) is 9.77. The minimum atomic E-state index is -3.65. The molecular weight excluding hydrogens is 336 g/mol. The Labute approximate surface area is 148 Å². The Morgan fingerprint density at radius 3 is 2.36 bits per heavy atom. The van der Waals surface area contributed by atoms with Crippen molar-refractivity contribution >= 4 is 27.3 Å². The molecule has 1 N–H and O–H groups in total. The van der Waals surface area contributed by atoms with Gasteiger partial charge in [0.15, 0.2) is 0 Å². The average molecular weight is 358 g/mol. The van der Waals surface area contributed by atoms with Crippen LogP contribution in [-0.2, 0) is 14.8 Å². The molecule has 0 atom stereocenters. The molecule has 0 aromatic heterocycles. The second kappa shape index (κ2) is 6.52. The number of sulfonamides is 1. The van der Waals surface area contributed by atoms with E-state index in [-0.39, 0.29) is 10.8 Å². The fraction of sp³-hybridized carbons (Fsp3) is 0.316. The molecule has 3 rings (SSSR count). The topological polar surface area (TPSA) is 66.5 Å². The van der Waals surface area contributed by atoms with Gasteiger partial charge in [0.25, 0.3) is 10.0 Å². The number of benzene rings is 2. The Balaban J connectivity index is 1.87. The number of carbonyl (C=O) groups excluding carboxylic acids is 1. The standard InChI is InChI=1S/C19H22N2O3S/c1-13-6-9-18(15(3)11-13)25(23,24)20-16-7-8-17(14(2)12-16)21-10-4-5-19(21)22/h6-9,11-12,20H,4-5,10H2,1-3H3. The summed E-state index contributed by atoms with van der Waals surface area (Å²) in [6, 6.07) is 10.5. The predicted molar refractivity (Wildman–Crippen MR) is 99.5 cm³/mol. The number of hydrogen-bond donors (Lipinski definition) is 1. The fourth-order valence-electron chi connectivity index (χ4n) is 3.24. The van der Waals surface area contributed by atoms with E-state index in [0.29, 0.717) is 24.2 Å². The smallest absolute Gasteiger partial charge is 0.262 e. The van der Waals surface area contributed by atoms with Crippen LogP contribution < -0.4 is 9.62 Å². The molecule has 1 aliphatic heterocycles. The molecule has 1 aliphatic rings. The molecule has 0 radical (unpaired) electrons. The van der Waals surface area contributed by atoms with Crippen LogP contribution in [-0.4, -0.2) is 20.9 Å². The molecule has 0 spiro atoms. The molecule has 132 valence electrons. The van der Waals surface area contributed by atoms with Crippen LogP contribution in [0, 0.1) is 20.8 Å². The summed E-state index contributed by atoms with van der Waals surface area (Å²) in [5.74, 6) is 0.117. The number of amides is 1. The Bertz CT molecular complexity index is 936. The summed E-state index contributed by atoms with van der Waals surface area (Å²) in [4.78, 5) is 13.9. The van der Waals surface area contributed by atoms with E-state index in [4.69, 9.17) is 0 Å². The summed E-state index contributed by atoms with van der Waals surface area (Å²) in [6.07, 6.45) is 1.43. The van der Waals surface area contributed by atoms with Gasteiger partial charge in [-0.2, -0.15) is 0 Å². The number of hydrogen-bond acceptors (Lipinski definition) is 3. The molecule has 2 aromatic carbocycles. The number of aryl methyl sites for hydroxylation is 3. The highest BCUT2D eigenvalue weighted by Gasteiger charge is 2.23. The van der Waals surface area contributed by atoms with Gasteiger partial charge >= 0.3 is 0 Å². The lowest BCUT2D eigenvalue weighted by molar-refractivity contribution is -0.117. The van der Waals surface area contributed by atoms with E-state index in [1.807, 2.05) is 19.9 Å². The van der Waals surface area contributed by atoms with Crippen LogP contribution in [0.1, 0.15) is 29.5 Å². The molecule has 6 heteroatoms. The van der Waals surface area contributed by atoms with Crippen molar-refractivity contribution in [2.24, 2.45) is 0 Å². The summed E-state index contributed by atoms with van der Waals surface area (Å²) in [5, 5.41) is 0. The molecule has 1 saturated heterocycles. The number of rotatable bonds is 4. The summed E-state index contributed by atoms with van der Waals surface area (Å²) in [7, 11) is -3.65. The Kier molecular flexibility index (Phi) is 4.56. The van der Waals surface area contributed by atoms with Crippen molar-refractivity contribution in [3.63, 3.8) is 0 Å². The van der Waals surface area contributed by atoms with Crippen molar-refractivity contribution in [2.75, 3.05) is 16.2 Å². The van der Waals surface area contributed by atoms with Crippen LogP contribution in [0.3, 0.4) is 0 Å². The molecule has 2 aromatic rings. The molecule has 1 fully saturated rings. The monoisotopic (exact) mass is 358 g/mol. The van der Waals surface area contributed by atoms with E-state index in [9.17, 15) is 13.2 Å². The van der Waals surface area contributed by atoms with Crippen LogP contribution in [0.4, 0.5) is 11.4 Å². The normalized spacial score (nSPS) is 14.8. The lowest BCUT2D eigenvalue weighted by Gasteiger charge is -2.19. The maximum atomic E-state index is 12.7. The third-order valence-corrected chi connectivity index (χ3v) is 5.97. The molecular formula is C19H22N2O3S. The third kappa shape index (κ3) is 3.54. The van der Waals surface area contributed by atoms with Gasteiger partial charge in [0.1, 0.15) is 0 Å². The van der Waals surface area contributed by atoms with Gasteiger partial charge in [0, 0.05) is 24.3 Å². The second-order valence-electron chi connectivity index (χ2n) is 6.52. The first kappa shape index (κ1) is 17.5. The highest BCUT2D eigenvalue weighted by atomic mass is 32.2. The van der Waals surface area contributed by atoms with Crippen molar-refractivity contribution in [1.29, 1.82) is 0 Å². The fourth-order valence-corrected chi connectivity index (χ4v) is 4.51. The summed E-state index contributed by atoms with van der Waals surface area (Å²) >= 11 is 0. The predicted octanol–water partition coefficient (Wildman–Crippen LogP) is 3.54. The van der Waals surface area contributed by atoms with Crippen LogP contribution in [0.5, 0.6) is 0 Å². The van der Waals surface area contributed by atoms with Gasteiger partial charge in [0.05, 0.1) is 4.90 Å². The SMILES string of the molecule is Cc1ccc(S(=O)(=O)Nc2ccc(N3CCCC3=O)c(C)c2)c(C)c1. The van der Waals surface area contributed by atoms with E-state index in [1.54, 1.807) is 42.2 Å². The average Bonchev–Trinajstić information content (AvgIpc) is 2.92. The zero-order valence-corrected chi connectivity index (χ0v) is 15.5. The molecule has 0 unspecified atom stereocenters. The Morgan fingerprint density at radius 2 is 1.76 bits per heavy atom.